The molecule has 0 aliphatic carbocycles. The monoisotopic (exact) mass is 213 g/mol. The van der Waals surface area contributed by atoms with E-state index in [9.17, 15) is 0 Å². The van der Waals surface area contributed by atoms with Crippen molar-refractivity contribution in [3.8, 4) is 0 Å². The highest BCUT2D eigenvalue weighted by Crippen LogP contribution is 2.15. The average Bonchev–Trinajstić information content (AvgIpc) is 1.96. The number of nitrogen functional groups attached to an aromatic ring is 1. The Kier molecular flexibility index (Phi) is 2.57. The first-order chi connectivity index (χ1) is 5.15. The molecule has 0 spiro atoms. The van der Waals surface area contributed by atoms with Crippen molar-refractivity contribution in [2.24, 2.45) is 0 Å². The molecule has 1 aromatic carbocycles. The SMILES string of the molecule is Bc1cc(Br)cc(CO)c1N. The highest BCUT2D eigenvalue weighted by molar-refractivity contribution is 9.10. The summed E-state index contributed by atoms with van der Waals surface area (Å²) in [6.45, 7) is -0.00782. The molecular weight excluding hydrogens is 205 g/mol. The van der Waals surface area contributed by atoms with Gasteiger partial charge in [-0.1, -0.05) is 27.5 Å². The zero-order chi connectivity index (χ0) is 8.43. The molecule has 0 amide bonds. The Morgan fingerprint density at radius 1 is 1.55 bits per heavy atom. The van der Waals surface area contributed by atoms with Gasteiger partial charge in [-0.05, 0) is 6.07 Å². The van der Waals surface area contributed by atoms with Crippen LogP contribution in [0.25, 0.3) is 0 Å². The van der Waals surface area contributed by atoms with E-state index in [0.29, 0.717) is 5.69 Å². The van der Waals surface area contributed by atoms with E-state index < -0.39 is 0 Å². The first-order valence-corrected chi connectivity index (χ1v) is 4.10. The van der Waals surface area contributed by atoms with E-state index in [2.05, 4.69) is 15.9 Å². The third kappa shape index (κ3) is 1.76. The molecule has 4 heteroatoms. The van der Waals surface area contributed by atoms with E-state index in [-0.39, 0.29) is 6.61 Å². The van der Waals surface area contributed by atoms with Crippen LogP contribution in [0.2, 0.25) is 0 Å². The van der Waals surface area contributed by atoms with Crippen molar-refractivity contribution in [3.63, 3.8) is 0 Å². The van der Waals surface area contributed by atoms with Crippen LogP contribution in [0.5, 0.6) is 0 Å². The third-order valence-electron chi connectivity index (χ3n) is 1.61. The maximum absolute atomic E-state index is 8.87. The molecule has 0 aliphatic heterocycles. The first-order valence-electron chi connectivity index (χ1n) is 3.30. The summed E-state index contributed by atoms with van der Waals surface area (Å²) in [7, 11) is 1.92. The Morgan fingerprint density at radius 3 is 2.73 bits per heavy atom. The zero-order valence-corrected chi connectivity index (χ0v) is 7.85. The van der Waals surface area contributed by atoms with Crippen molar-refractivity contribution in [2.75, 3.05) is 5.73 Å². The second-order valence-corrected chi connectivity index (χ2v) is 3.37. The number of hydrogen-bond donors (Lipinski definition) is 2. The van der Waals surface area contributed by atoms with E-state index in [4.69, 9.17) is 10.8 Å². The Balaban J connectivity index is 3.24. The van der Waals surface area contributed by atoms with Crippen LogP contribution in [0.4, 0.5) is 5.69 Å². The molecule has 11 heavy (non-hydrogen) atoms. The van der Waals surface area contributed by atoms with Gasteiger partial charge in [0.15, 0.2) is 0 Å². The molecule has 0 saturated heterocycles. The highest BCUT2D eigenvalue weighted by Gasteiger charge is 2.01. The summed E-state index contributed by atoms with van der Waals surface area (Å²) in [5, 5.41) is 8.87. The molecule has 0 saturated carbocycles. The second kappa shape index (κ2) is 3.28. The molecule has 1 rings (SSSR count). The number of anilines is 1. The number of aliphatic hydroxyl groups is 1. The fraction of sp³-hybridized carbons (Fsp3) is 0.143. The van der Waals surface area contributed by atoms with E-state index in [0.717, 1.165) is 15.5 Å². The molecule has 0 aliphatic rings. The zero-order valence-electron chi connectivity index (χ0n) is 6.26. The molecule has 3 N–H and O–H groups in total. The average molecular weight is 214 g/mol. The van der Waals surface area contributed by atoms with Gasteiger partial charge in [-0.15, -0.1) is 0 Å². The minimum Gasteiger partial charge on any atom is -0.399 e. The smallest absolute Gasteiger partial charge is 0.142 e. The minimum atomic E-state index is -0.00782. The molecular formula is C7H9BBrNO. The van der Waals surface area contributed by atoms with Crippen molar-refractivity contribution in [1.29, 1.82) is 0 Å². The van der Waals surface area contributed by atoms with Gasteiger partial charge in [0, 0.05) is 15.7 Å². The predicted octanol–water partition coefficient (Wildman–Crippen LogP) is -0.218. The molecule has 58 valence electrons. The van der Waals surface area contributed by atoms with Gasteiger partial charge < -0.3 is 10.8 Å². The van der Waals surface area contributed by atoms with E-state index in [1.165, 1.54) is 0 Å². The Hall–Kier alpha value is -0.475. The lowest BCUT2D eigenvalue weighted by atomic mass is 9.92. The lowest BCUT2D eigenvalue weighted by molar-refractivity contribution is 0.282. The summed E-state index contributed by atoms with van der Waals surface area (Å²) < 4.78 is 0.952. The van der Waals surface area contributed by atoms with Crippen LogP contribution in [0.15, 0.2) is 16.6 Å². The van der Waals surface area contributed by atoms with Crippen LogP contribution in [-0.4, -0.2) is 13.0 Å². The first kappa shape index (κ1) is 8.62. The normalized spacial score (nSPS) is 10.0. The Labute approximate surface area is 74.9 Å². The molecule has 0 radical (unpaired) electrons. The van der Waals surface area contributed by atoms with Gasteiger partial charge in [-0.3, -0.25) is 0 Å². The van der Waals surface area contributed by atoms with Crippen LogP contribution in [0.3, 0.4) is 0 Å². The van der Waals surface area contributed by atoms with Crippen molar-refractivity contribution >= 4 is 34.9 Å². The van der Waals surface area contributed by atoms with Crippen LogP contribution in [0, 0.1) is 0 Å². The Morgan fingerprint density at radius 2 is 2.18 bits per heavy atom. The second-order valence-electron chi connectivity index (χ2n) is 2.45. The van der Waals surface area contributed by atoms with E-state index in [1.807, 2.05) is 20.0 Å². The van der Waals surface area contributed by atoms with Gasteiger partial charge in [-0.25, -0.2) is 0 Å². The van der Waals surface area contributed by atoms with Crippen molar-refractivity contribution in [2.45, 2.75) is 6.61 Å². The molecule has 0 aromatic heterocycles. The minimum absolute atomic E-state index is 0.00782. The lowest BCUT2D eigenvalue weighted by Crippen LogP contribution is -2.12. The van der Waals surface area contributed by atoms with Crippen molar-refractivity contribution in [1.82, 2.24) is 0 Å². The number of benzene rings is 1. The lowest BCUT2D eigenvalue weighted by Gasteiger charge is -2.06. The number of aliphatic hydroxyl groups excluding tert-OH is 1. The van der Waals surface area contributed by atoms with Gasteiger partial charge in [-0.2, -0.15) is 0 Å². The van der Waals surface area contributed by atoms with Crippen molar-refractivity contribution < 1.29 is 5.11 Å². The van der Waals surface area contributed by atoms with Crippen LogP contribution in [0.1, 0.15) is 5.56 Å². The molecule has 0 unspecified atom stereocenters. The summed E-state index contributed by atoms with van der Waals surface area (Å²) in [5.41, 5.74) is 8.12. The predicted molar refractivity (Wildman–Crippen MR) is 52.7 cm³/mol. The largest absolute Gasteiger partial charge is 0.399 e. The summed E-state index contributed by atoms with van der Waals surface area (Å²) in [6, 6.07) is 3.75. The summed E-state index contributed by atoms with van der Waals surface area (Å²) in [6.07, 6.45) is 0. The Bertz CT molecular complexity index is 277. The number of hydrogen-bond acceptors (Lipinski definition) is 2. The molecule has 0 heterocycles. The number of rotatable bonds is 1. The van der Waals surface area contributed by atoms with Crippen LogP contribution in [-0.2, 0) is 6.61 Å². The maximum atomic E-state index is 8.87. The van der Waals surface area contributed by atoms with Crippen molar-refractivity contribution in [3.05, 3.63) is 22.2 Å². The van der Waals surface area contributed by atoms with Crippen LogP contribution < -0.4 is 11.2 Å². The van der Waals surface area contributed by atoms with Crippen LogP contribution >= 0.6 is 15.9 Å². The number of nitrogens with two attached hydrogens (primary N) is 1. The van der Waals surface area contributed by atoms with Gasteiger partial charge in [0.1, 0.15) is 7.85 Å². The fourth-order valence-corrected chi connectivity index (χ4v) is 1.57. The third-order valence-corrected chi connectivity index (χ3v) is 2.07. The molecule has 2 nitrogen and oxygen atoms in total. The quantitative estimate of drug-likeness (QED) is 0.501. The maximum Gasteiger partial charge on any atom is 0.142 e. The van der Waals surface area contributed by atoms with E-state index in [1.54, 1.807) is 0 Å². The summed E-state index contributed by atoms with van der Waals surface area (Å²) >= 11 is 3.32. The van der Waals surface area contributed by atoms with Gasteiger partial charge >= 0.3 is 0 Å². The van der Waals surface area contributed by atoms with E-state index >= 15 is 0 Å². The van der Waals surface area contributed by atoms with Gasteiger partial charge in [0.05, 0.1) is 6.61 Å². The molecule has 1 aromatic rings. The molecule has 0 bridgehead atoms. The molecule has 0 fully saturated rings. The molecule has 0 atom stereocenters. The topological polar surface area (TPSA) is 46.2 Å². The standard InChI is InChI=1S/C7H9BBrNO/c8-6-2-5(9)1-4(3-11)7(6)10/h1-2,11H,3,8,10H2. The highest BCUT2D eigenvalue weighted by atomic mass is 79.9. The van der Waals surface area contributed by atoms with Gasteiger partial charge in [0.25, 0.3) is 0 Å². The summed E-state index contributed by atoms with van der Waals surface area (Å²) in [4.78, 5) is 0. The summed E-state index contributed by atoms with van der Waals surface area (Å²) in [5.74, 6) is 0. The fourth-order valence-electron chi connectivity index (χ4n) is 0.955. The number of halogens is 1. The van der Waals surface area contributed by atoms with Gasteiger partial charge in [0.2, 0.25) is 0 Å².